The van der Waals surface area contributed by atoms with Crippen molar-refractivity contribution in [2.24, 2.45) is 0 Å². The monoisotopic (exact) mass is 580 g/mol. The Morgan fingerprint density at radius 2 is 1.30 bits per heavy atom. The molecule has 2 atom stereocenters. The van der Waals surface area contributed by atoms with E-state index < -0.39 is 18.3 Å². The number of alkyl carbamates (subject to hydrolysis) is 1. The molecule has 6 heteroatoms. The quantitative estimate of drug-likeness (QED) is 0.177. The summed E-state index contributed by atoms with van der Waals surface area (Å²) in [6.45, 7) is -0.0157. The Morgan fingerprint density at radius 3 is 1.98 bits per heavy atom. The number of hydrogen-bond acceptors (Lipinski definition) is 4. The highest BCUT2D eigenvalue weighted by Crippen LogP contribution is 2.44. The molecule has 218 valence electrons. The largest absolute Gasteiger partial charge is 0.449 e. The standard InChI is InChI=1S/C38H32N2O4/c41-34(23-39-38(43)44-24-32-29-19-9-7-17-27(29)28-18-8-10-20-30(28)32)37(42)35-31-21-11-12-22-33(31)40(26-15-5-2-6-16-26)36(35)25-13-3-1-4-14-25/h1-22,32,34,37,41-42H,23-24H2,(H,39,43). The second-order valence-electron chi connectivity index (χ2n) is 11.0. The minimum atomic E-state index is -1.28. The van der Waals surface area contributed by atoms with Gasteiger partial charge in [0, 0.05) is 29.1 Å². The van der Waals surface area contributed by atoms with Gasteiger partial charge < -0.3 is 24.8 Å². The molecule has 6 nitrogen and oxygen atoms in total. The van der Waals surface area contributed by atoms with Gasteiger partial charge in [0.15, 0.2) is 0 Å². The Balaban J connectivity index is 1.12. The zero-order valence-corrected chi connectivity index (χ0v) is 24.0. The Kier molecular flexibility index (Phi) is 7.44. The summed E-state index contributed by atoms with van der Waals surface area (Å²) in [4.78, 5) is 12.8. The first-order valence-corrected chi connectivity index (χ1v) is 14.8. The molecule has 1 aliphatic carbocycles. The highest BCUT2D eigenvalue weighted by atomic mass is 16.5. The smallest absolute Gasteiger partial charge is 0.407 e. The molecule has 1 amide bonds. The van der Waals surface area contributed by atoms with Gasteiger partial charge >= 0.3 is 6.09 Å². The van der Waals surface area contributed by atoms with Gasteiger partial charge in [0.2, 0.25) is 0 Å². The van der Waals surface area contributed by atoms with Crippen molar-refractivity contribution < 1.29 is 19.7 Å². The summed E-state index contributed by atoms with van der Waals surface area (Å²) in [6.07, 6.45) is -3.21. The first kappa shape index (κ1) is 27.7. The number of para-hydroxylation sites is 2. The fraction of sp³-hybridized carbons (Fsp3) is 0.132. The molecule has 6 aromatic rings. The second kappa shape index (κ2) is 11.8. The number of aliphatic hydroxyl groups excluding tert-OH is 2. The van der Waals surface area contributed by atoms with Crippen molar-refractivity contribution in [3.63, 3.8) is 0 Å². The van der Waals surface area contributed by atoms with Crippen LogP contribution in [0.2, 0.25) is 0 Å². The van der Waals surface area contributed by atoms with Crippen LogP contribution in [0.1, 0.15) is 28.7 Å². The van der Waals surface area contributed by atoms with Crippen molar-refractivity contribution in [1.29, 1.82) is 0 Å². The molecule has 0 fully saturated rings. The minimum Gasteiger partial charge on any atom is -0.449 e. The average Bonchev–Trinajstić information content (AvgIpc) is 3.60. The predicted molar refractivity (Wildman–Crippen MR) is 173 cm³/mol. The van der Waals surface area contributed by atoms with Crippen LogP contribution in [-0.4, -0.2) is 40.1 Å². The molecule has 0 saturated carbocycles. The zero-order valence-electron chi connectivity index (χ0n) is 24.0. The van der Waals surface area contributed by atoms with E-state index >= 15 is 0 Å². The van der Waals surface area contributed by atoms with Crippen molar-refractivity contribution in [1.82, 2.24) is 9.88 Å². The third kappa shape index (κ3) is 4.94. The number of ether oxygens (including phenoxy) is 1. The van der Waals surface area contributed by atoms with E-state index in [-0.39, 0.29) is 19.1 Å². The van der Waals surface area contributed by atoms with Gasteiger partial charge in [-0.1, -0.05) is 115 Å². The fourth-order valence-electron chi connectivity index (χ4n) is 6.43. The van der Waals surface area contributed by atoms with Gasteiger partial charge in [0.25, 0.3) is 0 Å². The molecule has 1 heterocycles. The van der Waals surface area contributed by atoms with E-state index in [1.54, 1.807) is 0 Å². The molecule has 1 aliphatic rings. The van der Waals surface area contributed by atoms with Gasteiger partial charge in [-0.25, -0.2) is 4.79 Å². The highest BCUT2D eigenvalue weighted by molar-refractivity contribution is 5.94. The molecular weight excluding hydrogens is 548 g/mol. The maximum absolute atomic E-state index is 12.8. The van der Waals surface area contributed by atoms with Gasteiger partial charge in [-0.3, -0.25) is 0 Å². The predicted octanol–water partition coefficient (Wildman–Crippen LogP) is 7.23. The zero-order chi connectivity index (χ0) is 30.0. The number of fused-ring (bicyclic) bond motifs is 4. The lowest BCUT2D eigenvalue weighted by Gasteiger charge is -2.21. The number of rotatable bonds is 8. The van der Waals surface area contributed by atoms with Crippen LogP contribution >= 0.6 is 0 Å². The van der Waals surface area contributed by atoms with Crippen LogP contribution in [-0.2, 0) is 4.74 Å². The van der Waals surface area contributed by atoms with Crippen molar-refractivity contribution in [3.8, 4) is 28.1 Å². The molecule has 0 bridgehead atoms. The summed E-state index contributed by atoms with van der Waals surface area (Å²) in [5.41, 5.74) is 8.68. The number of aliphatic hydroxyl groups is 2. The number of hydrogen-bond donors (Lipinski definition) is 3. The Labute approximate surface area is 255 Å². The topological polar surface area (TPSA) is 83.7 Å². The Hall–Kier alpha value is -5.17. The number of carbonyl (C=O) groups excluding carboxylic acids is 1. The highest BCUT2D eigenvalue weighted by Gasteiger charge is 2.31. The van der Waals surface area contributed by atoms with E-state index in [4.69, 9.17) is 4.74 Å². The summed E-state index contributed by atoms with van der Waals surface area (Å²) in [5, 5.41) is 26.4. The molecule has 0 radical (unpaired) electrons. The van der Waals surface area contributed by atoms with Crippen molar-refractivity contribution in [2.45, 2.75) is 18.1 Å². The van der Waals surface area contributed by atoms with Crippen LogP contribution in [0.25, 0.3) is 39.0 Å². The summed E-state index contributed by atoms with van der Waals surface area (Å²) in [6, 6.07) is 43.9. The molecule has 0 saturated heterocycles. The second-order valence-corrected chi connectivity index (χ2v) is 11.0. The lowest BCUT2D eigenvalue weighted by molar-refractivity contribution is 0.0197. The average molecular weight is 581 g/mol. The van der Waals surface area contributed by atoms with Crippen molar-refractivity contribution >= 4 is 17.0 Å². The van der Waals surface area contributed by atoms with Gasteiger partial charge in [-0.15, -0.1) is 0 Å². The van der Waals surface area contributed by atoms with Crippen LogP contribution < -0.4 is 5.32 Å². The lowest BCUT2D eigenvalue weighted by atomic mass is 9.97. The van der Waals surface area contributed by atoms with Gasteiger partial charge in [0.05, 0.1) is 11.2 Å². The first-order valence-electron chi connectivity index (χ1n) is 14.8. The number of aromatic nitrogens is 1. The number of carbonyl (C=O) groups is 1. The van der Waals surface area contributed by atoms with E-state index in [2.05, 4.69) is 34.1 Å². The third-order valence-corrected chi connectivity index (χ3v) is 8.43. The first-order chi connectivity index (χ1) is 21.6. The van der Waals surface area contributed by atoms with Crippen LogP contribution in [0.15, 0.2) is 133 Å². The molecular formula is C38H32N2O4. The number of nitrogens with zero attached hydrogens (tertiary/aromatic N) is 1. The molecule has 0 aliphatic heterocycles. The third-order valence-electron chi connectivity index (χ3n) is 8.43. The van der Waals surface area contributed by atoms with Crippen LogP contribution in [0.5, 0.6) is 0 Å². The van der Waals surface area contributed by atoms with E-state index in [1.807, 2.05) is 109 Å². The molecule has 3 N–H and O–H groups in total. The maximum atomic E-state index is 12.8. The summed E-state index contributed by atoms with van der Waals surface area (Å²) >= 11 is 0. The fourth-order valence-corrected chi connectivity index (χ4v) is 6.43. The van der Waals surface area contributed by atoms with Gasteiger partial charge in [0.1, 0.15) is 18.8 Å². The Morgan fingerprint density at radius 1 is 0.727 bits per heavy atom. The summed E-state index contributed by atoms with van der Waals surface area (Å²) in [7, 11) is 0. The van der Waals surface area contributed by atoms with E-state index in [0.717, 1.165) is 50.1 Å². The number of nitrogens with one attached hydrogen (secondary N) is 1. The van der Waals surface area contributed by atoms with Crippen LogP contribution in [0.3, 0.4) is 0 Å². The van der Waals surface area contributed by atoms with Crippen LogP contribution in [0.4, 0.5) is 4.79 Å². The van der Waals surface area contributed by atoms with E-state index in [9.17, 15) is 15.0 Å². The van der Waals surface area contributed by atoms with Crippen molar-refractivity contribution in [2.75, 3.05) is 13.2 Å². The van der Waals surface area contributed by atoms with E-state index in [1.165, 1.54) is 0 Å². The molecule has 2 unspecified atom stereocenters. The maximum Gasteiger partial charge on any atom is 0.407 e. The number of benzene rings is 5. The molecule has 7 rings (SSSR count). The lowest BCUT2D eigenvalue weighted by Crippen LogP contribution is -2.36. The molecule has 5 aromatic carbocycles. The normalized spacial score (nSPS) is 13.7. The SMILES string of the molecule is O=C(NCC(O)C(O)c1c(-c2ccccc2)n(-c2ccccc2)c2ccccc12)OCC1c2ccccc2-c2ccccc21. The van der Waals surface area contributed by atoms with Gasteiger partial charge in [-0.2, -0.15) is 0 Å². The van der Waals surface area contributed by atoms with Gasteiger partial charge in [-0.05, 0) is 46.0 Å². The summed E-state index contributed by atoms with van der Waals surface area (Å²) < 4.78 is 7.76. The molecule has 0 spiro atoms. The molecule has 1 aromatic heterocycles. The van der Waals surface area contributed by atoms with Crippen molar-refractivity contribution in [3.05, 3.63) is 150 Å². The minimum absolute atomic E-state index is 0.0683. The summed E-state index contributed by atoms with van der Waals surface area (Å²) in [5.74, 6) is -0.0683. The Bertz CT molecular complexity index is 1890. The molecule has 44 heavy (non-hydrogen) atoms. The van der Waals surface area contributed by atoms with E-state index in [0.29, 0.717) is 5.56 Å². The van der Waals surface area contributed by atoms with Crippen LogP contribution in [0, 0.1) is 0 Å². The number of amides is 1.